The van der Waals surface area contributed by atoms with E-state index in [2.05, 4.69) is 11.4 Å². The Bertz CT molecular complexity index is 498. The summed E-state index contributed by atoms with van der Waals surface area (Å²) in [5, 5.41) is 21.6. The molecule has 0 radical (unpaired) electrons. The third-order valence-electron chi connectivity index (χ3n) is 3.12. The molecular formula is C13H12ClN3. The fourth-order valence-electron chi connectivity index (χ4n) is 2.19. The minimum atomic E-state index is 0.0571. The highest BCUT2D eigenvalue weighted by molar-refractivity contribution is 6.33. The molecule has 1 aromatic carbocycles. The van der Waals surface area contributed by atoms with Crippen molar-refractivity contribution in [3.05, 3.63) is 28.8 Å². The second-order valence-electron chi connectivity index (χ2n) is 4.22. The zero-order valence-corrected chi connectivity index (χ0v) is 10.0. The lowest BCUT2D eigenvalue weighted by atomic mass is 10.1. The maximum Gasteiger partial charge on any atom is 0.0992 e. The zero-order valence-electron chi connectivity index (χ0n) is 9.28. The van der Waals surface area contributed by atoms with E-state index < -0.39 is 0 Å². The predicted molar refractivity (Wildman–Crippen MR) is 66.5 cm³/mol. The Morgan fingerprint density at radius 2 is 2.12 bits per heavy atom. The number of halogens is 1. The summed E-state index contributed by atoms with van der Waals surface area (Å²) in [7, 11) is 0. The third kappa shape index (κ3) is 2.52. The van der Waals surface area contributed by atoms with E-state index in [0.29, 0.717) is 10.6 Å². The normalized spacial score (nSPS) is 22.8. The van der Waals surface area contributed by atoms with E-state index in [4.69, 9.17) is 22.1 Å². The monoisotopic (exact) mass is 245 g/mol. The molecular weight excluding hydrogens is 234 g/mol. The van der Waals surface area contributed by atoms with Gasteiger partial charge >= 0.3 is 0 Å². The molecule has 86 valence electrons. The van der Waals surface area contributed by atoms with Gasteiger partial charge in [0, 0.05) is 6.04 Å². The molecule has 2 rings (SSSR count). The van der Waals surface area contributed by atoms with Crippen molar-refractivity contribution in [1.82, 2.24) is 0 Å². The van der Waals surface area contributed by atoms with Crippen LogP contribution in [0.4, 0.5) is 5.69 Å². The first-order valence-electron chi connectivity index (χ1n) is 5.60. The van der Waals surface area contributed by atoms with E-state index in [1.165, 1.54) is 0 Å². The second kappa shape index (κ2) is 5.08. The molecule has 0 amide bonds. The van der Waals surface area contributed by atoms with Crippen LogP contribution in [0.5, 0.6) is 0 Å². The molecule has 1 saturated carbocycles. The Morgan fingerprint density at radius 1 is 1.29 bits per heavy atom. The molecule has 2 atom stereocenters. The van der Waals surface area contributed by atoms with Crippen molar-refractivity contribution in [2.24, 2.45) is 5.92 Å². The smallest absolute Gasteiger partial charge is 0.0992 e. The molecule has 1 aliphatic carbocycles. The largest absolute Gasteiger partial charge is 0.380 e. The van der Waals surface area contributed by atoms with Gasteiger partial charge in [0.15, 0.2) is 0 Å². The van der Waals surface area contributed by atoms with Crippen LogP contribution in [0.2, 0.25) is 5.02 Å². The summed E-state index contributed by atoms with van der Waals surface area (Å²) in [4.78, 5) is 0. The first-order chi connectivity index (χ1) is 8.24. The number of hydrogen-bond donors (Lipinski definition) is 1. The van der Waals surface area contributed by atoms with Gasteiger partial charge in [-0.05, 0) is 37.5 Å². The molecule has 0 aliphatic heterocycles. The van der Waals surface area contributed by atoms with Crippen LogP contribution in [0.3, 0.4) is 0 Å². The summed E-state index contributed by atoms with van der Waals surface area (Å²) in [6.07, 6.45) is 3.01. The van der Waals surface area contributed by atoms with E-state index in [1.807, 2.05) is 6.07 Å². The first-order valence-corrected chi connectivity index (χ1v) is 5.98. The maximum atomic E-state index is 9.00. The number of hydrogen-bond acceptors (Lipinski definition) is 3. The summed E-state index contributed by atoms with van der Waals surface area (Å²) in [5.74, 6) is 0.0571. The Balaban J connectivity index is 2.14. The lowest BCUT2D eigenvalue weighted by Gasteiger charge is -2.18. The topological polar surface area (TPSA) is 59.6 Å². The van der Waals surface area contributed by atoms with Crippen molar-refractivity contribution in [1.29, 1.82) is 10.5 Å². The minimum absolute atomic E-state index is 0.0571. The van der Waals surface area contributed by atoms with Crippen LogP contribution in [-0.2, 0) is 0 Å². The van der Waals surface area contributed by atoms with Gasteiger partial charge in [0.2, 0.25) is 0 Å². The Morgan fingerprint density at radius 3 is 2.76 bits per heavy atom. The van der Waals surface area contributed by atoms with Gasteiger partial charge < -0.3 is 5.32 Å². The van der Waals surface area contributed by atoms with E-state index in [-0.39, 0.29) is 12.0 Å². The molecule has 17 heavy (non-hydrogen) atoms. The van der Waals surface area contributed by atoms with Crippen LogP contribution in [-0.4, -0.2) is 6.04 Å². The number of benzene rings is 1. The van der Waals surface area contributed by atoms with Gasteiger partial charge in [-0.2, -0.15) is 10.5 Å². The molecule has 1 aliphatic rings. The molecule has 0 saturated heterocycles. The molecule has 2 unspecified atom stereocenters. The van der Waals surface area contributed by atoms with Crippen molar-refractivity contribution in [3.8, 4) is 12.1 Å². The van der Waals surface area contributed by atoms with Crippen molar-refractivity contribution in [3.63, 3.8) is 0 Å². The summed E-state index contributed by atoms with van der Waals surface area (Å²) >= 11 is 6.08. The van der Waals surface area contributed by atoms with Crippen LogP contribution >= 0.6 is 11.6 Å². The predicted octanol–water partition coefficient (Wildman–Crippen LogP) is 3.32. The maximum absolute atomic E-state index is 9.00. The van der Waals surface area contributed by atoms with E-state index >= 15 is 0 Å². The average molecular weight is 246 g/mol. The summed E-state index contributed by atoms with van der Waals surface area (Å²) in [6.45, 7) is 0. The summed E-state index contributed by atoms with van der Waals surface area (Å²) in [6, 6.07) is 9.70. The molecule has 0 aromatic heterocycles. The Kier molecular flexibility index (Phi) is 3.52. The number of nitriles is 2. The van der Waals surface area contributed by atoms with Gasteiger partial charge in [0.25, 0.3) is 0 Å². The third-order valence-corrected chi connectivity index (χ3v) is 3.43. The molecule has 0 bridgehead atoms. The van der Waals surface area contributed by atoms with E-state index in [9.17, 15) is 0 Å². The van der Waals surface area contributed by atoms with Gasteiger partial charge in [0.05, 0.1) is 34.3 Å². The molecule has 3 nitrogen and oxygen atoms in total. The van der Waals surface area contributed by atoms with Crippen molar-refractivity contribution < 1.29 is 0 Å². The van der Waals surface area contributed by atoms with E-state index in [1.54, 1.807) is 18.2 Å². The minimum Gasteiger partial charge on any atom is -0.380 e. The molecule has 4 heteroatoms. The van der Waals surface area contributed by atoms with Crippen LogP contribution in [0.25, 0.3) is 0 Å². The SMILES string of the molecule is N#Cc1ccc(NC2CCCC2C#N)c(Cl)c1. The van der Waals surface area contributed by atoms with Gasteiger partial charge in [-0.3, -0.25) is 0 Å². The first kappa shape index (κ1) is 11.8. The molecule has 1 fully saturated rings. The lowest BCUT2D eigenvalue weighted by molar-refractivity contribution is 0.630. The zero-order chi connectivity index (χ0) is 12.3. The highest BCUT2D eigenvalue weighted by Crippen LogP contribution is 2.31. The fraction of sp³-hybridized carbons (Fsp3) is 0.385. The van der Waals surface area contributed by atoms with Crippen LogP contribution in [0.1, 0.15) is 24.8 Å². The van der Waals surface area contributed by atoms with E-state index in [0.717, 1.165) is 24.9 Å². The van der Waals surface area contributed by atoms with Crippen LogP contribution in [0, 0.1) is 28.6 Å². The molecule has 0 heterocycles. The number of anilines is 1. The summed E-state index contributed by atoms with van der Waals surface area (Å²) in [5.41, 5.74) is 1.35. The van der Waals surface area contributed by atoms with Crippen molar-refractivity contribution in [2.45, 2.75) is 25.3 Å². The number of nitrogens with zero attached hydrogens (tertiary/aromatic N) is 2. The lowest BCUT2D eigenvalue weighted by Crippen LogP contribution is -2.22. The number of rotatable bonds is 2. The van der Waals surface area contributed by atoms with Gasteiger partial charge in [0.1, 0.15) is 0 Å². The molecule has 1 aromatic rings. The van der Waals surface area contributed by atoms with Crippen LogP contribution < -0.4 is 5.32 Å². The summed E-state index contributed by atoms with van der Waals surface area (Å²) < 4.78 is 0. The highest BCUT2D eigenvalue weighted by Gasteiger charge is 2.27. The van der Waals surface area contributed by atoms with Crippen LogP contribution in [0.15, 0.2) is 18.2 Å². The molecule has 0 spiro atoms. The fourth-order valence-corrected chi connectivity index (χ4v) is 2.42. The number of nitrogens with one attached hydrogen (secondary N) is 1. The van der Waals surface area contributed by atoms with Gasteiger partial charge in [-0.15, -0.1) is 0 Å². The van der Waals surface area contributed by atoms with Crippen molar-refractivity contribution in [2.75, 3.05) is 5.32 Å². The Hall–Kier alpha value is -1.71. The average Bonchev–Trinajstić information content (AvgIpc) is 2.79. The van der Waals surface area contributed by atoms with Gasteiger partial charge in [-0.25, -0.2) is 0 Å². The standard InChI is InChI=1S/C13H12ClN3/c14-11-6-9(7-15)4-5-13(11)17-12-3-1-2-10(12)8-16/h4-6,10,12,17H,1-3H2. The molecule has 1 N–H and O–H groups in total. The van der Waals surface area contributed by atoms with Crippen molar-refractivity contribution >= 4 is 17.3 Å². The highest BCUT2D eigenvalue weighted by atomic mass is 35.5. The Labute approximate surface area is 106 Å². The van der Waals surface area contributed by atoms with Gasteiger partial charge in [-0.1, -0.05) is 11.6 Å². The second-order valence-corrected chi connectivity index (χ2v) is 4.63. The quantitative estimate of drug-likeness (QED) is 0.870.